The van der Waals surface area contributed by atoms with Crippen LogP contribution >= 0.6 is 0 Å². The summed E-state index contributed by atoms with van der Waals surface area (Å²) in [6.07, 6.45) is 2.85. The molecule has 0 amide bonds. The van der Waals surface area contributed by atoms with E-state index >= 15 is 0 Å². The Balaban J connectivity index is 1.92. The van der Waals surface area contributed by atoms with Crippen molar-refractivity contribution in [3.8, 4) is 0 Å². The van der Waals surface area contributed by atoms with Crippen molar-refractivity contribution in [2.45, 2.75) is 18.4 Å². The van der Waals surface area contributed by atoms with Crippen molar-refractivity contribution in [3.63, 3.8) is 0 Å². The average Bonchev–Trinajstić information content (AvgIpc) is 2.52. The first-order chi connectivity index (χ1) is 5.20. The van der Waals surface area contributed by atoms with Crippen LogP contribution in [-0.4, -0.2) is 30.6 Å². The summed E-state index contributed by atoms with van der Waals surface area (Å²) >= 11 is 0. The van der Waals surface area contributed by atoms with Gasteiger partial charge >= 0.3 is 0 Å². The Hall–Kier alpha value is -0.0800. The van der Waals surface area contributed by atoms with Crippen molar-refractivity contribution < 1.29 is 0 Å². The number of rotatable bonds is 0. The van der Waals surface area contributed by atoms with Crippen LogP contribution in [0.25, 0.3) is 0 Å². The summed E-state index contributed by atoms with van der Waals surface area (Å²) in [4.78, 5) is 2.40. The number of hydrogen-bond acceptors (Lipinski definition) is 2. The number of hydrogen-bond donors (Lipinski definition) is 1. The standard InChI is InChI=1S/C9H16N2/c1-11-4-7-2-6-3-8(6)9(7,10)5-11/h6-8H,2-5,10H2,1H3/t6-,7+,8+,9+/m0/s1. The van der Waals surface area contributed by atoms with Gasteiger partial charge in [0.25, 0.3) is 0 Å². The van der Waals surface area contributed by atoms with Crippen LogP contribution < -0.4 is 5.73 Å². The lowest BCUT2D eigenvalue weighted by atomic mass is 9.87. The molecule has 3 fully saturated rings. The second-order valence-corrected chi connectivity index (χ2v) is 4.84. The van der Waals surface area contributed by atoms with Crippen LogP contribution in [0.15, 0.2) is 0 Å². The molecular formula is C9H16N2. The monoisotopic (exact) mass is 152 g/mol. The van der Waals surface area contributed by atoms with Crippen LogP contribution in [0.5, 0.6) is 0 Å². The molecule has 3 rings (SSSR count). The minimum Gasteiger partial charge on any atom is -0.323 e. The summed E-state index contributed by atoms with van der Waals surface area (Å²) < 4.78 is 0. The molecule has 0 aromatic heterocycles. The average molecular weight is 152 g/mol. The SMILES string of the molecule is CN1C[C@H]2C[C@H]3C[C@H]3[C@@]2(N)C1. The maximum atomic E-state index is 6.40. The second-order valence-electron chi connectivity index (χ2n) is 4.84. The number of nitrogens with zero attached hydrogens (tertiary/aromatic N) is 1. The fraction of sp³-hybridized carbons (Fsp3) is 1.00. The van der Waals surface area contributed by atoms with Crippen LogP contribution in [0, 0.1) is 17.8 Å². The molecule has 2 saturated carbocycles. The molecule has 11 heavy (non-hydrogen) atoms. The fourth-order valence-electron chi connectivity index (χ4n) is 3.45. The number of fused-ring (bicyclic) bond motifs is 3. The predicted molar refractivity (Wildman–Crippen MR) is 44.1 cm³/mol. The van der Waals surface area contributed by atoms with Gasteiger partial charge in [-0.15, -0.1) is 0 Å². The molecule has 2 N–H and O–H groups in total. The molecule has 3 aliphatic rings. The van der Waals surface area contributed by atoms with E-state index in [1.807, 2.05) is 0 Å². The van der Waals surface area contributed by atoms with E-state index in [0.717, 1.165) is 24.3 Å². The van der Waals surface area contributed by atoms with Gasteiger partial charge in [-0.2, -0.15) is 0 Å². The number of likely N-dealkylation sites (N-methyl/N-ethyl adjacent to an activating group) is 1. The minimum absolute atomic E-state index is 0.236. The Labute approximate surface area is 67.7 Å². The van der Waals surface area contributed by atoms with Crippen molar-refractivity contribution in [1.82, 2.24) is 4.90 Å². The van der Waals surface area contributed by atoms with Gasteiger partial charge in [0.15, 0.2) is 0 Å². The third kappa shape index (κ3) is 0.651. The Morgan fingerprint density at radius 2 is 2.27 bits per heavy atom. The lowest BCUT2D eigenvalue weighted by Gasteiger charge is -2.25. The van der Waals surface area contributed by atoms with Crippen LogP contribution in [0.3, 0.4) is 0 Å². The molecular weight excluding hydrogens is 136 g/mol. The largest absolute Gasteiger partial charge is 0.323 e. The molecule has 2 aliphatic carbocycles. The summed E-state index contributed by atoms with van der Waals surface area (Å²) in [6.45, 7) is 2.41. The third-order valence-electron chi connectivity index (χ3n) is 4.04. The Bertz CT molecular complexity index is 202. The van der Waals surface area contributed by atoms with Gasteiger partial charge in [-0.3, -0.25) is 0 Å². The topological polar surface area (TPSA) is 29.3 Å². The molecule has 62 valence electrons. The van der Waals surface area contributed by atoms with E-state index in [1.54, 1.807) is 0 Å². The summed E-state index contributed by atoms with van der Waals surface area (Å²) in [5.74, 6) is 2.76. The van der Waals surface area contributed by atoms with Crippen LogP contribution in [0.1, 0.15) is 12.8 Å². The van der Waals surface area contributed by atoms with E-state index in [4.69, 9.17) is 5.73 Å². The number of nitrogens with two attached hydrogens (primary N) is 1. The highest BCUT2D eigenvalue weighted by Crippen LogP contribution is 2.60. The zero-order valence-electron chi connectivity index (χ0n) is 7.09. The maximum Gasteiger partial charge on any atom is 0.0355 e. The molecule has 0 aromatic carbocycles. The van der Waals surface area contributed by atoms with Gasteiger partial charge in [-0.05, 0) is 37.6 Å². The molecule has 1 saturated heterocycles. The van der Waals surface area contributed by atoms with Crippen molar-refractivity contribution in [2.24, 2.45) is 23.5 Å². The van der Waals surface area contributed by atoms with Crippen molar-refractivity contribution >= 4 is 0 Å². The van der Waals surface area contributed by atoms with E-state index in [2.05, 4.69) is 11.9 Å². The first-order valence-corrected chi connectivity index (χ1v) is 4.67. The Kier molecular flexibility index (Phi) is 0.961. The highest BCUT2D eigenvalue weighted by Gasteiger charge is 2.63. The zero-order chi connectivity index (χ0) is 7.64. The van der Waals surface area contributed by atoms with Crippen LogP contribution in [0.2, 0.25) is 0 Å². The van der Waals surface area contributed by atoms with E-state index < -0.39 is 0 Å². The van der Waals surface area contributed by atoms with E-state index in [1.165, 1.54) is 19.4 Å². The molecule has 0 aromatic rings. The summed E-state index contributed by atoms with van der Waals surface area (Å²) in [5, 5.41) is 0. The molecule has 0 spiro atoms. The molecule has 2 heteroatoms. The van der Waals surface area contributed by atoms with Crippen molar-refractivity contribution in [2.75, 3.05) is 20.1 Å². The normalized spacial score (nSPS) is 61.1. The van der Waals surface area contributed by atoms with Gasteiger partial charge < -0.3 is 10.6 Å². The van der Waals surface area contributed by atoms with Gasteiger partial charge in [0.2, 0.25) is 0 Å². The maximum absolute atomic E-state index is 6.40. The number of likely N-dealkylation sites (tertiary alicyclic amines) is 1. The predicted octanol–water partition coefficient (Wildman–Crippen LogP) is 0.285. The van der Waals surface area contributed by atoms with Crippen LogP contribution in [-0.2, 0) is 0 Å². The lowest BCUT2D eigenvalue weighted by molar-refractivity contribution is 0.332. The first-order valence-electron chi connectivity index (χ1n) is 4.67. The van der Waals surface area contributed by atoms with E-state index in [-0.39, 0.29) is 5.54 Å². The van der Waals surface area contributed by atoms with Gasteiger partial charge in [0, 0.05) is 18.6 Å². The van der Waals surface area contributed by atoms with E-state index in [9.17, 15) is 0 Å². The fourth-order valence-corrected chi connectivity index (χ4v) is 3.45. The van der Waals surface area contributed by atoms with Crippen molar-refractivity contribution in [1.29, 1.82) is 0 Å². The second kappa shape index (κ2) is 1.64. The molecule has 1 aliphatic heterocycles. The van der Waals surface area contributed by atoms with E-state index in [0.29, 0.717) is 0 Å². The smallest absolute Gasteiger partial charge is 0.0355 e. The van der Waals surface area contributed by atoms with Gasteiger partial charge in [0.05, 0.1) is 0 Å². The highest BCUT2D eigenvalue weighted by molar-refractivity contribution is 5.18. The highest BCUT2D eigenvalue weighted by atomic mass is 15.2. The summed E-state index contributed by atoms with van der Waals surface area (Å²) in [6, 6.07) is 0. The molecule has 0 unspecified atom stereocenters. The molecule has 2 nitrogen and oxygen atoms in total. The molecule has 0 bridgehead atoms. The Morgan fingerprint density at radius 1 is 1.45 bits per heavy atom. The van der Waals surface area contributed by atoms with Gasteiger partial charge in [-0.25, -0.2) is 0 Å². The van der Waals surface area contributed by atoms with Gasteiger partial charge in [-0.1, -0.05) is 0 Å². The molecule has 0 radical (unpaired) electrons. The zero-order valence-corrected chi connectivity index (χ0v) is 7.09. The minimum atomic E-state index is 0.236. The van der Waals surface area contributed by atoms with Crippen molar-refractivity contribution in [3.05, 3.63) is 0 Å². The van der Waals surface area contributed by atoms with Gasteiger partial charge in [0.1, 0.15) is 0 Å². The Morgan fingerprint density at radius 3 is 3.00 bits per heavy atom. The quantitative estimate of drug-likeness (QED) is 0.540. The third-order valence-corrected chi connectivity index (χ3v) is 4.04. The lowest BCUT2D eigenvalue weighted by Crippen LogP contribution is -2.47. The summed E-state index contributed by atoms with van der Waals surface area (Å²) in [7, 11) is 2.20. The molecule has 1 heterocycles. The molecule has 4 atom stereocenters. The summed E-state index contributed by atoms with van der Waals surface area (Å²) in [5.41, 5.74) is 6.63. The first kappa shape index (κ1) is 6.44. The van der Waals surface area contributed by atoms with Crippen LogP contribution in [0.4, 0.5) is 0 Å².